The van der Waals surface area contributed by atoms with Crippen LogP contribution in [0.2, 0.25) is 0 Å². The number of H-pyrrole nitrogens is 1. The number of nitrogens with zero attached hydrogens (tertiary/aromatic N) is 4. The van der Waals surface area contributed by atoms with Crippen LogP contribution in [-0.4, -0.2) is 32.2 Å². The fourth-order valence-electron chi connectivity index (χ4n) is 2.82. The summed E-state index contributed by atoms with van der Waals surface area (Å²) in [6.07, 6.45) is 3.38. The van der Waals surface area contributed by atoms with Crippen LogP contribution in [0, 0.1) is 0 Å². The molecule has 1 N–H and O–H groups in total. The largest absolute Gasteiger partial charge is 0.493 e. The summed E-state index contributed by atoms with van der Waals surface area (Å²) in [4.78, 5) is 4.45. The van der Waals surface area contributed by atoms with Gasteiger partial charge in [-0.15, -0.1) is 5.10 Å². The molecule has 0 aliphatic heterocycles. The topological polar surface area (TPSA) is 85.8 Å². The first kappa shape index (κ1) is 17.0. The molecule has 4 rings (SSSR count). The van der Waals surface area contributed by atoms with Crippen LogP contribution in [0.1, 0.15) is 17.9 Å². The molecule has 0 atom stereocenters. The number of rotatable bonds is 8. The molecule has 2 aromatic carbocycles. The SMILES string of the molecule is c1cc(OCCCc2nnn[nH]2)cc(OCc2nccc3ccccc23)c1. The molecule has 0 radical (unpaired) electrons. The van der Waals surface area contributed by atoms with E-state index in [-0.39, 0.29) is 0 Å². The van der Waals surface area contributed by atoms with E-state index in [1.54, 1.807) is 0 Å². The molecular weight excluding hydrogens is 342 g/mol. The van der Waals surface area contributed by atoms with E-state index in [2.05, 4.69) is 37.7 Å². The molecule has 7 heteroatoms. The first-order valence-electron chi connectivity index (χ1n) is 8.79. The van der Waals surface area contributed by atoms with Crippen LogP contribution in [0.4, 0.5) is 0 Å². The molecule has 2 aromatic heterocycles. The molecule has 136 valence electrons. The molecule has 0 fully saturated rings. The Morgan fingerprint density at radius 2 is 1.81 bits per heavy atom. The molecule has 0 saturated heterocycles. The number of ether oxygens (including phenoxy) is 2. The minimum atomic E-state index is 0.406. The van der Waals surface area contributed by atoms with Gasteiger partial charge in [0, 0.05) is 24.1 Å². The normalized spacial score (nSPS) is 10.8. The van der Waals surface area contributed by atoms with Crippen molar-refractivity contribution in [2.45, 2.75) is 19.4 Å². The summed E-state index contributed by atoms with van der Waals surface area (Å²) >= 11 is 0. The highest BCUT2D eigenvalue weighted by Crippen LogP contribution is 2.22. The number of aromatic amines is 1. The molecular formula is C20H19N5O2. The molecule has 0 aliphatic carbocycles. The Balaban J connectivity index is 1.33. The molecule has 0 aliphatic rings. The van der Waals surface area contributed by atoms with Crippen LogP contribution in [0.3, 0.4) is 0 Å². The average molecular weight is 361 g/mol. The van der Waals surface area contributed by atoms with Crippen molar-refractivity contribution in [1.29, 1.82) is 0 Å². The molecule has 0 bridgehead atoms. The Hall–Kier alpha value is -3.48. The van der Waals surface area contributed by atoms with Gasteiger partial charge in [-0.1, -0.05) is 30.3 Å². The zero-order chi connectivity index (χ0) is 18.3. The average Bonchev–Trinajstić information content (AvgIpc) is 3.23. The minimum absolute atomic E-state index is 0.406. The van der Waals surface area contributed by atoms with Gasteiger partial charge in [0.05, 0.1) is 12.3 Å². The minimum Gasteiger partial charge on any atom is -0.493 e. The van der Waals surface area contributed by atoms with Crippen molar-refractivity contribution < 1.29 is 9.47 Å². The summed E-state index contributed by atoms with van der Waals surface area (Å²) in [5.74, 6) is 2.29. The lowest BCUT2D eigenvalue weighted by molar-refractivity contribution is 0.290. The van der Waals surface area contributed by atoms with Gasteiger partial charge in [-0.05, 0) is 40.4 Å². The van der Waals surface area contributed by atoms with Gasteiger partial charge in [-0.25, -0.2) is 5.10 Å². The van der Waals surface area contributed by atoms with Gasteiger partial charge in [0.25, 0.3) is 0 Å². The second kappa shape index (κ2) is 8.27. The van der Waals surface area contributed by atoms with Crippen molar-refractivity contribution in [3.05, 3.63) is 72.3 Å². The van der Waals surface area contributed by atoms with Crippen molar-refractivity contribution in [1.82, 2.24) is 25.6 Å². The fourth-order valence-corrected chi connectivity index (χ4v) is 2.82. The summed E-state index contributed by atoms with van der Waals surface area (Å²) in [7, 11) is 0. The van der Waals surface area contributed by atoms with Crippen molar-refractivity contribution in [2.75, 3.05) is 6.61 Å². The molecule has 7 nitrogen and oxygen atoms in total. The van der Waals surface area contributed by atoms with E-state index in [0.29, 0.717) is 13.2 Å². The summed E-state index contributed by atoms with van der Waals surface area (Å²) in [5, 5.41) is 16.0. The molecule has 0 amide bonds. The van der Waals surface area contributed by atoms with Gasteiger partial charge in [-0.3, -0.25) is 4.98 Å². The second-order valence-corrected chi connectivity index (χ2v) is 6.04. The zero-order valence-corrected chi connectivity index (χ0v) is 14.7. The van der Waals surface area contributed by atoms with Gasteiger partial charge in [-0.2, -0.15) is 0 Å². The number of hydrogen-bond acceptors (Lipinski definition) is 6. The number of nitrogens with one attached hydrogen (secondary N) is 1. The quantitative estimate of drug-likeness (QED) is 0.485. The van der Waals surface area contributed by atoms with Crippen LogP contribution >= 0.6 is 0 Å². The maximum absolute atomic E-state index is 5.93. The summed E-state index contributed by atoms with van der Waals surface area (Å²) in [5.41, 5.74) is 0.917. The van der Waals surface area contributed by atoms with E-state index in [9.17, 15) is 0 Å². The predicted octanol–water partition coefficient (Wildman–Crippen LogP) is 3.34. The van der Waals surface area contributed by atoms with Gasteiger partial charge in [0.2, 0.25) is 0 Å². The number of tetrazole rings is 1. The van der Waals surface area contributed by atoms with E-state index < -0.39 is 0 Å². The highest BCUT2D eigenvalue weighted by Gasteiger charge is 2.04. The van der Waals surface area contributed by atoms with E-state index >= 15 is 0 Å². The lowest BCUT2D eigenvalue weighted by atomic mass is 10.1. The third-order valence-electron chi connectivity index (χ3n) is 4.15. The number of pyridine rings is 1. The summed E-state index contributed by atoms with van der Waals surface area (Å²) in [6.45, 7) is 0.984. The van der Waals surface area contributed by atoms with Crippen molar-refractivity contribution >= 4 is 10.8 Å². The third kappa shape index (κ3) is 4.38. The molecule has 4 aromatic rings. The van der Waals surface area contributed by atoms with Crippen LogP contribution in [-0.2, 0) is 13.0 Å². The van der Waals surface area contributed by atoms with Crippen LogP contribution < -0.4 is 9.47 Å². The Labute approximate surface area is 156 Å². The van der Waals surface area contributed by atoms with Gasteiger partial charge >= 0.3 is 0 Å². The molecule has 0 unspecified atom stereocenters. The molecule has 27 heavy (non-hydrogen) atoms. The highest BCUT2D eigenvalue weighted by atomic mass is 16.5. The fraction of sp³-hybridized carbons (Fsp3) is 0.200. The Morgan fingerprint density at radius 3 is 2.70 bits per heavy atom. The Kier molecular flexibility index (Phi) is 5.19. The monoisotopic (exact) mass is 361 g/mol. The van der Waals surface area contributed by atoms with Crippen LogP contribution in [0.15, 0.2) is 60.8 Å². The predicted molar refractivity (Wildman–Crippen MR) is 101 cm³/mol. The van der Waals surface area contributed by atoms with Gasteiger partial charge in [0.1, 0.15) is 23.9 Å². The van der Waals surface area contributed by atoms with E-state index in [0.717, 1.165) is 46.6 Å². The van der Waals surface area contributed by atoms with Crippen molar-refractivity contribution in [3.8, 4) is 11.5 Å². The molecule has 2 heterocycles. The molecule has 0 saturated carbocycles. The summed E-state index contributed by atoms with van der Waals surface area (Å²) < 4.78 is 11.7. The third-order valence-corrected chi connectivity index (χ3v) is 4.15. The zero-order valence-electron chi connectivity index (χ0n) is 14.7. The standard InChI is InChI=1S/C20H19N5O2/c1-2-8-18-15(5-1)10-11-21-19(18)14-27-17-7-3-6-16(13-17)26-12-4-9-20-22-24-25-23-20/h1-3,5-8,10-11,13H,4,9,12,14H2,(H,22,23,24,25). The smallest absolute Gasteiger partial charge is 0.148 e. The second-order valence-electron chi connectivity index (χ2n) is 6.04. The van der Waals surface area contributed by atoms with Crippen LogP contribution in [0.5, 0.6) is 11.5 Å². The first-order chi connectivity index (χ1) is 13.4. The number of benzene rings is 2. The number of fused-ring (bicyclic) bond motifs is 1. The first-order valence-corrected chi connectivity index (χ1v) is 8.79. The van der Waals surface area contributed by atoms with Crippen molar-refractivity contribution in [3.63, 3.8) is 0 Å². The lowest BCUT2D eigenvalue weighted by Gasteiger charge is -2.10. The number of aromatic nitrogens is 5. The lowest BCUT2D eigenvalue weighted by Crippen LogP contribution is -2.02. The Bertz CT molecular complexity index is 999. The Morgan fingerprint density at radius 1 is 0.926 bits per heavy atom. The van der Waals surface area contributed by atoms with Gasteiger partial charge in [0.15, 0.2) is 0 Å². The van der Waals surface area contributed by atoms with Crippen molar-refractivity contribution in [2.24, 2.45) is 0 Å². The van der Waals surface area contributed by atoms with E-state index in [1.807, 2.05) is 48.7 Å². The maximum atomic E-state index is 5.93. The number of hydrogen-bond donors (Lipinski definition) is 1. The molecule has 0 spiro atoms. The van der Waals surface area contributed by atoms with Gasteiger partial charge < -0.3 is 9.47 Å². The number of aryl methyl sites for hydroxylation is 1. The van der Waals surface area contributed by atoms with E-state index in [4.69, 9.17) is 9.47 Å². The maximum Gasteiger partial charge on any atom is 0.148 e. The van der Waals surface area contributed by atoms with Crippen LogP contribution in [0.25, 0.3) is 10.8 Å². The summed E-state index contributed by atoms with van der Waals surface area (Å²) in [6, 6.07) is 17.8. The van der Waals surface area contributed by atoms with E-state index in [1.165, 1.54) is 0 Å². The highest BCUT2D eigenvalue weighted by molar-refractivity contribution is 5.84.